The van der Waals surface area contributed by atoms with Gasteiger partial charge in [-0.1, -0.05) is 0 Å². The summed E-state index contributed by atoms with van der Waals surface area (Å²) in [5.41, 5.74) is 0. The van der Waals surface area contributed by atoms with Crippen LogP contribution in [0.15, 0.2) is 23.1 Å². The Hall–Kier alpha value is -1.58. The fraction of sp³-hybridized carbons (Fsp3) is 0.364. The van der Waals surface area contributed by atoms with E-state index in [9.17, 15) is 22.0 Å². The number of methoxy groups -OCH3 is 1. The van der Waals surface area contributed by atoms with E-state index in [1.54, 1.807) is 0 Å². The number of carboxylic acids is 1. The van der Waals surface area contributed by atoms with E-state index in [0.29, 0.717) is 6.07 Å². The van der Waals surface area contributed by atoms with E-state index in [0.717, 1.165) is 12.1 Å². The van der Waals surface area contributed by atoms with Crippen molar-refractivity contribution < 1.29 is 31.8 Å². The van der Waals surface area contributed by atoms with Crippen LogP contribution in [-0.2, 0) is 19.6 Å². The highest BCUT2D eigenvalue weighted by Crippen LogP contribution is 2.16. The second-order valence-corrected chi connectivity index (χ2v) is 5.55. The van der Waals surface area contributed by atoms with Crippen LogP contribution in [0.1, 0.15) is 6.42 Å². The van der Waals surface area contributed by atoms with Crippen LogP contribution in [0.2, 0.25) is 0 Å². The van der Waals surface area contributed by atoms with Gasteiger partial charge in [0.15, 0.2) is 0 Å². The van der Waals surface area contributed by atoms with E-state index in [-0.39, 0.29) is 13.0 Å². The van der Waals surface area contributed by atoms with Crippen LogP contribution in [0, 0.1) is 11.6 Å². The molecule has 1 aromatic rings. The molecule has 1 aromatic carbocycles. The van der Waals surface area contributed by atoms with Gasteiger partial charge in [0.25, 0.3) is 0 Å². The molecule has 1 unspecified atom stereocenters. The lowest BCUT2D eigenvalue weighted by atomic mass is 10.2. The summed E-state index contributed by atoms with van der Waals surface area (Å²) in [6.07, 6.45) is -0.131. The quantitative estimate of drug-likeness (QED) is 0.774. The molecule has 0 aliphatic carbocycles. The van der Waals surface area contributed by atoms with Crippen molar-refractivity contribution >= 4 is 16.0 Å². The topological polar surface area (TPSA) is 92.7 Å². The lowest BCUT2D eigenvalue weighted by molar-refractivity contribution is -0.139. The van der Waals surface area contributed by atoms with E-state index in [1.807, 2.05) is 4.72 Å². The number of rotatable bonds is 7. The van der Waals surface area contributed by atoms with Crippen LogP contribution in [0.5, 0.6) is 0 Å². The van der Waals surface area contributed by atoms with E-state index in [2.05, 4.69) is 4.74 Å². The number of carbonyl (C=O) groups is 1. The number of halogens is 2. The van der Waals surface area contributed by atoms with Crippen molar-refractivity contribution in [2.75, 3.05) is 13.7 Å². The fourth-order valence-electron chi connectivity index (χ4n) is 1.41. The maximum atomic E-state index is 13.4. The van der Waals surface area contributed by atoms with Crippen molar-refractivity contribution in [3.05, 3.63) is 29.8 Å². The fourth-order valence-corrected chi connectivity index (χ4v) is 2.70. The summed E-state index contributed by atoms with van der Waals surface area (Å²) in [6.45, 7) is 0.00534. The van der Waals surface area contributed by atoms with Crippen LogP contribution in [0.4, 0.5) is 8.78 Å². The normalized spacial score (nSPS) is 13.2. The predicted molar refractivity (Wildman–Crippen MR) is 64.6 cm³/mol. The Morgan fingerprint density at radius 3 is 2.60 bits per heavy atom. The van der Waals surface area contributed by atoms with E-state index >= 15 is 0 Å². The number of nitrogens with one attached hydrogen (secondary N) is 1. The molecule has 0 fully saturated rings. The van der Waals surface area contributed by atoms with Crippen LogP contribution in [0.3, 0.4) is 0 Å². The van der Waals surface area contributed by atoms with Gasteiger partial charge < -0.3 is 9.84 Å². The van der Waals surface area contributed by atoms with Crippen LogP contribution in [-0.4, -0.2) is 39.3 Å². The lowest BCUT2D eigenvalue weighted by Gasteiger charge is -2.14. The summed E-state index contributed by atoms with van der Waals surface area (Å²) in [4.78, 5) is 10.1. The molecule has 0 spiro atoms. The maximum Gasteiger partial charge on any atom is 0.321 e. The maximum absolute atomic E-state index is 13.4. The largest absolute Gasteiger partial charge is 0.480 e. The van der Waals surface area contributed by atoms with E-state index < -0.39 is 38.6 Å². The van der Waals surface area contributed by atoms with Gasteiger partial charge in [-0.2, -0.15) is 4.72 Å². The molecule has 20 heavy (non-hydrogen) atoms. The van der Waals surface area contributed by atoms with Gasteiger partial charge in [0.05, 0.1) is 0 Å². The monoisotopic (exact) mass is 309 g/mol. The van der Waals surface area contributed by atoms with Crippen molar-refractivity contribution in [2.45, 2.75) is 17.4 Å². The van der Waals surface area contributed by atoms with Crippen molar-refractivity contribution in [1.29, 1.82) is 0 Å². The molecule has 1 rings (SSSR count). The first-order chi connectivity index (χ1) is 9.27. The Bertz CT molecular complexity index is 590. The van der Waals surface area contributed by atoms with Gasteiger partial charge in [0.1, 0.15) is 22.6 Å². The third-order valence-corrected chi connectivity index (χ3v) is 3.89. The highest BCUT2D eigenvalue weighted by atomic mass is 32.2. The summed E-state index contributed by atoms with van der Waals surface area (Å²) in [7, 11) is -3.08. The zero-order chi connectivity index (χ0) is 15.3. The minimum absolute atomic E-state index is 0.00534. The summed E-state index contributed by atoms with van der Waals surface area (Å²) in [5.74, 6) is -3.66. The number of ether oxygens (including phenoxy) is 1. The standard InChI is InChI=1S/C11H13F2NO5S/c1-19-5-4-9(11(15)16)14-20(17,18)10-3-2-7(12)6-8(10)13/h2-3,6,9,14H,4-5H2,1H3,(H,15,16). The molecule has 2 N–H and O–H groups in total. The van der Waals surface area contributed by atoms with Crippen LogP contribution in [0.25, 0.3) is 0 Å². The molecule has 112 valence electrons. The third-order valence-electron chi connectivity index (χ3n) is 2.39. The van der Waals surface area contributed by atoms with Crippen LogP contribution < -0.4 is 4.72 Å². The molecule has 1 atom stereocenters. The molecule has 0 bridgehead atoms. The first kappa shape index (κ1) is 16.5. The van der Waals surface area contributed by atoms with E-state index in [1.165, 1.54) is 7.11 Å². The van der Waals surface area contributed by atoms with Crippen LogP contribution >= 0.6 is 0 Å². The van der Waals surface area contributed by atoms with Crippen molar-refractivity contribution in [1.82, 2.24) is 4.72 Å². The van der Waals surface area contributed by atoms with Gasteiger partial charge in [-0.25, -0.2) is 17.2 Å². The second kappa shape index (κ2) is 6.73. The Labute approximate surface area is 114 Å². The number of sulfonamides is 1. The molecule has 0 heterocycles. The number of aliphatic carboxylic acids is 1. The Morgan fingerprint density at radius 2 is 2.10 bits per heavy atom. The molecule has 0 aromatic heterocycles. The van der Waals surface area contributed by atoms with E-state index in [4.69, 9.17) is 5.11 Å². The zero-order valence-electron chi connectivity index (χ0n) is 10.5. The smallest absolute Gasteiger partial charge is 0.321 e. The average molecular weight is 309 g/mol. The first-order valence-electron chi connectivity index (χ1n) is 5.47. The van der Waals surface area contributed by atoms with Gasteiger partial charge in [-0.05, 0) is 18.6 Å². The van der Waals surface area contributed by atoms with Crippen molar-refractivity contribution in [3.8, 4) is 0 Å². The molecule has 0 aliphatic rings. The first-order valence-corrected chi connectivity index (χ1v) is 6.95. The summed E-state index contributed by atoms with van der Waals surface area (Å²) in [6, 6.07) is 0.425. The molecule has 0 radical (unpaired) electrons. The number of hydrogen-bond acceptors (Lipinski definition) is 4. The minimum atomic E-state index is -4.41. The summed E-state index contributed by atoms with van der Waals surface area (Å²) in [5, 5.41) is 8.89. The number of benzene rings is 1. The van der Waals surface area contributed by atoms with Gasteiger partial charge in [-0.3, -0.25) is 4.79 Å². The Balaban J connectivity index is 3.00. The highest BCUT2D eigenvalue weighted by Gasteiger charge is 2.27. The molecule has 6 nitrogen and oxygen atoms in total. The van der Waals surface area contributed by atoms with Gasteiger partial charge in [0.2, 0.25) is 10.0 Å². The predicted octanol–water partition coefficient (Wildman–Crippen LogP) is 0.733. The molecular formula is C11H13F2NO5S. The summed E-state index contributed by atoms with van der Waals surface area (Å²) < 4.78 is 56.4. The molecule has 9 heteroatoms. The number of carboxylic acid groups (broad SMARTS) is 1. The molecule has 0 saturated heterocycles. The van der Waals surface area contributed by atoms with Crippen molar-refractivity contribution in [2.24, 2.45) is 0 Å². The SMILES string of the molecule is COCCC(NS(=O)(=O)c1ccc(F)cc1F)C(=O)O. The molecule has 0 amide bonds. The zero-order valence-corrected chi connectivity index (χ0v) is 11.3. The minimum Gasteiger partial charge on any atom is -0.480 e. The second-order valence-electron chi connectivity index (χ2n) is 3.87. The third kappa shape index (κ3) is 4.22. The Kier molecular flexibility index (Phi) is 5.54. The van der Waals surface area contributed by atoms with Gasteiger partial charge in [0, 0.05) is 19.8 Å². The lowest BCUT2D eigenvalue weighted by Crippen LogP contribution is -2.41. The summed E-state index contributed by atoms with van der Waals surface area (Å²) >= 11 is 0. The molecule has 0 saturated carbocycles. The van der Waals surface area contributed by atoms with Gasteiger partial charge >= 0.3 is 5.97 Å². The van der Waals surface area contributed by atoms with Gasteiger partial charge in [-0.15, -0.1) is 0 Å². The highest BCUT2D eigenvalue weighted by molar-refractivity contribution is 7.89. The average Bonchev–Trinajstić information content (AvgIpc) is 2.33. The van der Waals surface area contributed by atoms with Crippen molar-refractivity contribution in [3.63, 3.8) is 0 Å². The number of hydrogen-bond donors (Lipinski definition) is 2. The molecule has 0 aliphatic heterocycles. The Morgan fingerprint density at radius 1 is 1.45 bits per heavy atom. The molecular weight excluding hydrogens is 296 g/mol.